The first-order valence-corrected chi connectivity index (χ1v) is 6.60. The van der Waals surface area contributed by atoms with Crippen LogP contribution in [0.15, 0.2) is 18.3 Å². The number of halogens is 1. The van der Waals surface area contributed by atoms with Crippen LogP contribution in [0.1, 0.15) is 35.3 Å². The zero-order valence-corrected chi connectivity index (χ0v) is 11.0. The van der Waals surface area contributed by atoms with Crippen LogP contribution in [0, 0.1) is 11.3 Å². The van der Waals surface area contributed by atoms with Crippen molar-refractivity contribution in [1.82, 2.24) is 10.3 Å². The Kier molecular flexibility index (Phi) is 6.26. The Hall–Kier alpha value is -1.41. The lowest BCUT2D eigenvalue weighted by atomic mass is 10.2. The summed E-state index contributed by atoms with van der Waals surface area (Å²) in [6.45, 7) is 0.660. The van der Waals surface area contributed by atoms with Crippen molar-refractivity contribution in [2.75, 3.05) is 11.9 Å². The minimum atomic E-state index is -0.187. The number of carbonyl (C=O) groups excluding carboxylic acids is 1. The van der Waals surface area contributed by atoms with Crippen molar-refractivity contribution >= 4 is 21.8 Å². The van der Waals surface area contributed by atoms with E-state index in [1.54, 1.807) is 12.1 Å². The molecule has 5 heteroatoms. The average Bonchev–Trinajstić information content (AvgIpc) is 2.38. The van der Waals surface area contributed by atoms with Gasteiger partial charge in [-0.15, -0.1) is 0 Å². The molecule has 0 atom stereocenters. The second-order valence-electron chi connectivity index (χ2n) is 3.55. The lowest BCUT2D eigenvalue weighted by Crippen LogP contribution is -2.25. The Bertz CT molecular complexity index is 397. The molecule has 0 radical (unpaired) electrons. The SMILES string of the molecule is N#Cc1ccc(C(=O)NCCCCCBr)nc1. The minimum absolute atomic E-state index is 0.187. The summed E-state index contributed by atoms with van der Waals surface area (Å²) in [5, 5.41) is 12.4. The maximum absolute atomic E-state index is 11.6. The van der Waals surface area contributed by atoms with Crippen molar-refractivity contribution in [3.05, 3.63) is 29.6 Å². The molecule has 0 aliphatic carbocycles. The monoisotopic (exact) mass is 295 g/mol. The smallest absolute Gasteiger partial charge is 0.269 e. The first-order chi connectivity index (χ1) is 8.27. The van der Waals surface area contributed by atoms with E-state index in [0.717, 1.165) is 24.6 Å². The quantitative estimate of drug-likeness (QED) is 0.647. The Morgan fingerprint density at radius 1 is 1.41 bits per heavy atom. The van der Waals surface area contributed by atoms with Crippen LogP contribution in [-0.4, -0.2) is 22.8 Å². The molecule has 0 aliphatic rings. The number of carbonyl (C=O) groups is 1. The van der Waals surface area contributed by atoms with E-state index >= 15 is 0 Å². The van der Waals surface area contributed by atoms with Crippen molar-refractivity contribution in [3.8, 4) is 6.07 Å². The summed E-state index contributed by atoms with van der Waals surface area (Å²) < 4.78 is 0. The molecule has 1 N–H and O–H groups in total. The summed E-state index contributed by atoms with van der Waals surface area (Å²) >= 11 is 3.36. The van der Waals surface area contributed by atoms with E-state index in [1.807, 2.05) is 6.07 Å². The Balaban J connectivity index is 2.34. The molecular weight excluding hydrogens is 282 g/mol. The molecular formula is C12H14BrN3O. The summed E-state index contributed by atoms with van der Waals surface area (Å²) in [4.78, 5) is 15.5. The number of rotatable bonds is 6. The van der Waals surface area contributed by atoms with Gasteiger partial charge in [-0.05, 0) is 25.0 Å². The van der Waals surface area contributed by atoms with E-state index < -0.39 is 0 Å². The molecule has 0 saturated heterocycles. The molecule has 0 saturated carbocycles. The number of aromatic nitrogens is 1. The molecule has 1 aromatic rings. The molecule has 17 heavy (non-hydrogen) atoms. The normalized spacial score (nSPS) is 9.65. The Labute approximate surface area is 109 Å². The third-order valence-corrected chi connectivity index (χ3v) is 2.78. The average molecular weight is 296 g/mol. The molecule has 1 aromatic heterocycles. The van der Waals surface area contributed by atoms with Crippen LogP contribution in [0.4, 0.5) is 0 Å². The lowest BCUT2D eigenvalue weighted by molar-refractivity contribution is 0.0948. The van der Waals surface area contributed by atoms with E-state index in [4.69, 9.17) is 5.26 Å². The highest BCUT2D eigenvalue weighted by atomic mass is 79.9. The third kappa shape index (κ3) is 4.96. The van der Waals surface area contributed by atoms with Crippen molar-refractivity contribution in [1.29, 1.82) is 5.26 Å². The number of unbranched alkanes of at least 4 members (excludes halogenated alkanes) is 2. The largest absolute Gasteiger partial charge is 0.351 e. The molecule has 90 valence electrons. The Morgan fingerprint density at radius 2 is 2.24 bits per heavy atom. The molecule has 1 amide bonds. The fraction of sp³-hybridized carbons (Fsp3) is 0.417. The highest BCUT2D eigenvalue weighted by Gasteiger charge is 2.05. The van der Waals surface area contributed by atoms with Crippen LogP contribution in [-0.2, 0) is 0 Å². The van der Waals surface area contributed by atoms with Gasteiger partial charge in [-0.1, -0.05) is 22.4 Å². The molecule has 4 nitrogen and oxygen atoms in total. The van der Waals surface area contributed by atoms with Gasteiger partial charge in [0.2, 0.25) is 0 Å². The standard InChI is InChI=1S/C12H14BrN3O/c13-6-2-1-3-7-15-12(17)11-5-4-10(8-14)9-16-11/h4-5,9H,1-3,6-7H2,(H,15,17). The van der Waals surface area contributed by atoms with E-state index in [9.17, 15) is 4.79 Å². The summed E-state index contributed by atoms with van der Waals surface area (Å²) in [5.74, 6) is -0.187. The van der Waals surface area contributed by atoms with Crippen LogP contribution in [0.3, 0.4) is 0 Å². The fourth-order valence-corrected chi connectivity index (χ4v) is 1.68. The number of amides is 1. The van der Waals surface area contributed by atoms with E-state index in [0.29, 0.717) is 17.8 Å². The van der Waals surface area contributed by atoms with E-state index in [-0.39, 0.29) is 5.91 Å². The minimum Gasteiger partial charge on any atom is -0.351 e. The zero-order chi connectivity index (χ0) is 12.5. The summed E-state index contributed by atoms with van der Waals surface area (Å²) in [7, 11) is 0. The van der Waals surface area contributed by atoms with Crippen molar-refractivity contribution in [3.63, 3.8) is 0 Å². The predicted octanol–water partition coefficient (Wildman–Crippen LogP) is 2.25. The summed E-state index contributed by atoms with van der Waals surface area (Å²) in [6, 6.07) is 5.11. The van der Waals surface area contributed by atoms with Gasteiger partial charge in [-0.2, -0.15) is 5.26 Å². The van der Waals surface area contributed by atoms with E-state index in [2.05, 4.69) is 26.2 Å². The van der Waals surface area contributed by atoms with Gasteiger partial charge in [-0.3, -0.25) is 4.79 Å². The number of nitrogens with one attached hydrogen (secondary N) is 1. The topological polar surface area (TPSA) is 65.8 Å². The van der Waals surface area contributed by atoms with Crippen LogP contribution in [0.2, 0.25) is 0 Å². The van der Waals surface area contributed by atoms with Gasteiger partial charge in [0, 0.05) is 18.1 Å². The van der Waals surface area contributed by atoms with Gasteiger partial charge in [-0.25, -0.2) is 4.98 Å². The zero-order valence-electron chi connectivity index (χ0n) is 9.45. The van der Waals surface area contributed by atoms with E-state index in [1.165, 1.54) is 6.20 Å². The van der Waals surface area contributed by atoms with Gasteiger partial charge >= 0.3 is 0 Å². The van der Waals surface area contributed by atoms with Gasteiger partial charge in [0.15, 0.2) is 0 Å². The predicted molar refractivity (Wildman–Crippen MR) is 68.9 cm³/mol. The number of alkyl halides is 1. The second kappa shape index (κ2) is 7.80. The van der Waals surface area contributed by atoms with Crippen molar-refractivity contribution < 1.29 is 4.79 Å². The molecule has 0 unspecified atom stereocenters. The lowest BCUT2D eigenvalue weighted by Gasteiger charge is -2.03. The first kappa shape index (κ1) is 13.7. The summed E-state index contributed by atoms with van der Waals surface area (Å²) in [5.41, 5.74) is 0.809. The number of hydrogen-bond acceptors (Lipinski definition) is 3. The number of nitrogens with zero attached hydrogens (tertiary/aromatic N) is 2. The molecule has 0 aromatic carbocycles. The molecule has 0 fully saturated rings. The van der Waals surface area contributed by atoms with Crippen LogP contribution in [0.25, 0.3) is 0 Å². The number of pyridine rings is 1. The molecule has 0 spiro atoms. The fourth-order valence-electron chi connectivity index (χ4n) is 1.28. The highest BCUT2D eigenvalue weighted by Crippen LogP contribution is 2.00. The van der Waals surface area contributed by atoms with Crippen molar-refractivity contribution in [2.24, 2.45) is 0 Å². The van der Waals surface area contributed by atoms with Gasteiger partial charge in [0.25, 0.3) is 5.91 Å². The molecule has 1 heterocycles. The number of nitriles is 1. The van der Waals surface area contributed by atoms with Gasteiger partial charge < -0.3 is 5.32 Å². The molecule has 1 rings (SSSR count). The third-order valence-electron chi connectivity index (χ3n) is 2.22. The molecule has 0 bridgehead atoms. The maximum Gasteiger partial charge on any atom is 0.269 e. The van der Waals surface area contributed by atoms with Gasteiger partial charge in [0.1, 0.15) is 11.8 Å². The van der Waals surface area contributed by atoms with Crippen LogP contribution >= 0.6 is 15.9 Å². The Morgan fingerprint density at radius 3 is 2.82 bits per heavy atom. The highest BCUT2D eigenvalue weighted by molar-refractivity contribution is 9.09. The van der Waals surface area contributed by atoms with Gasteiger partial charge in [0.05, 0.1) is 5.56 Å². The van der Waals surface area contributed by atoms with Crippen molar-refractivity contribution in [2.45, 2.75) is 19.3 Å². The first-order valence-electron chi connectivity index (χ1n) is 5.48. The number of hydrogen-bond donors (Lipinski definition) is 1. The van der Waals surface area contributed by atoms with Crippen LogP contribution in [0.5, 0.6) is 0 Å². The van der Waals surface area contributed by atoms with Crippen LogP contribution < -0.4 is 5.32 Å². The summed E-state index contributed by atoms with van der Waals surface area (Å²) in [6.07, 6.45) is 4.57. The maximum atomic E-state index is 11.6. The molecule has 0 aliphatic heterocycles. The second-order valence-corrected chi connectivity index (χ2v) is 4.34.